The van der Waals surface area contributed by atoms with Gasteiger partial charge in [0.2, 0.25) is 0 Å². The zero-order valence-electron chi connectivity index (χ0n) is 8.44. The Bertz CT molecular complexity index is 291. The van der Waals surface area contributed by atoms with Crippen LogP contribution in [0.4, 0.5) is 11.4 Å². The fraction of sp³-hybridized carbons (Fsp3) is 0.455. The maximum absolute atomic E-state index is 5.66. The molecule has 1 aliphatic heterocycles. The van der Waals surface area contributed by atoms with E-state index in [0.717, 1.165) is 5.69 Å². The third-order valence-electron chi connectivity index (χ3n) is 2.75. The van der Waals surface area contributed by atoms with Gasteiger partial charge in [-0.25, -0.2) is 0 Å². The predicted octanol–water partition coefficient (Wildman–Crippen LogP) is 2.21. The topological polar surface area (TPSA) is 29.3 Å². The van der Waals surface area contributed by atoms with Crippen molar-refractivity contribution in [1.29, 1.82) is 0 Å². The number of nitrogen functional groups attached to an aromatic ring is 1. The van der Waals surface area contributed by atoms with Gasteiger partial charge >= 0.3 is 0 Å². The number of nitrogens with zero attached hydrogens (tertiary/aromatic N) is 1. The molecule has 0 bridgehead atoms. The second-order valence-corrected chi connectivity index (χ2v) is 4.87. The third kappa shape index (κ3) is 1.98. The van der Waals surface area contributed by atoms with Crippen molar-refractivity contribution in [2.45, 2.75) is 12.5 Å². The lowest BCUT2D eigenvalue weighted by Gasteiger charge is -2.25. The molecule has 0 radical (unpaired) electrons. The largest absolute Gasteiger partial charge is 0.399 e. The van der Waals surface area contributed by atoms with Gasteiger partial charge in [0.05, 0.1) is 0 Å². The van der Waals surface area contributed by atoms with Crippen molar-refractivity contribution >= 4 is 23.1 Å². The molecule has 1 saturated heterocycles. The highest BCUT2D eigenvalue weighted by molar-refractivity contribution is 7.99. The summed E-state index contributed by atoms with van der Waals surface area (Å²) < 4.78 is 0. The first-order chi connectivity index (χ1) is 6.77. The predicted molar refractivity (Wildman–Crippen MR) is 65.0 cm³/mol. The molecule has 2 nitrogen and oxygen atoms in total. The van der Waals surface area contributed by atoms with Crippen LogP contribution in [0.3, 0.4) is 0 Å². The van der Waals surface area contributed by atoms with E-state index >= 15 is 0 Å². The normalized spacial score (nSPS) is 21.1. The van der Waals surface area contributed by atoms with Crippen molar-refractivity contribution in [3.63, 3.8) is 0 Å². The molecule has 1 aromatic carbocycles. The van der Waals surface area contributed by atoms with E-state index in [-0.39, 0.29) is 0 Å². The SMILES string of the molecule is CN(c1ccc(N)cc1)[C@H]1CCSC1. The molecule has 76 valence electrons. The van der Waals surface area contributed by atoms with E-state index < -0.39 is 0 Å². The quantitative estimate of drug-likeness (QED) is 0.756. The smallest absolute Gasteiger partial charge is 0.0385 e. The molecule has 14 heavy (non-hydrogen) atoms. The minimum atomic E-state index is 0.698. The summed E-state index contributed by atoms with van der Waals surface area (Å²) in [4.78, 5) is 2.36. The molecule has 2 N–H and O–H groups in total. The van der Waals surface area contributed by atoms with Gasteiger partial charge in [-0.15, -0.1) is 0 Å². The summed E-state index contributed by atoms with van der Waals surface area (Å²) in [6.45, 7) is 0. The molecular formula is C11H16N2S. The van der Waals surface area contributed by atoms with Crippen LogP contribution in [0.15, 0.2) is 24.3 Å². The molecule has 0 amide bonds. The van der Waals surface area contributed by atoms with Gasteiger partial charge in [0.25, 0.3) is 0 Å². The Balaban J connectivity index is 2.09. The lowest BCUT2D eigenvalue weighted by atomic mass is 10.2. The number of hydrogen-bond acceptors (Lipinski definition) is 3. The van der Waals surface area contributed by atoms with Crippen LogP contribution in [0.1, 0.15) is 6.42 Å². The van der Waals surface area contributed by atoms with Crippen LogP contribution < -0.4 is 10.6 Å². The van der Waals surface area contributed by atoms with Gasteiger partial charge < -0.3 is 10.6 Å². The van der Waals surface area contributed by atoms with Gasteiger partial charge in [0, 0.05) is 30.2 Å². The number of benzene rings is 1. The van der Waals surface area contributed by atoms with E-state index in [0.29, 0.717) is 6.04 Å². The standard InChI is InChI=1S/C11H16N2S/c1-13(11-6-7-14-8-11)10-4-2-9(12)3-5-10/h2-5,11H,6-8,12H2,1H3/t11-/m0/s1. The molecule has 0 spiro atoms. The van der Waals surface area contributed by atoms with Crippen LogP contribution in [-0.4, -0.2) is 24.6 Å². The Labute approximate surface area is 89.5 Å². The van der Waals surface area contributed by atoms with E-state index in [2.05, 4.69) is 24.1 Å². The van der Waals surface area contributed by atoms with Crippen LogP contribution >= 0.6 is 11.8 Å². The molecule has 3 heteroatoms. The highest BCUT2D eigenvalue weighted by atomic mass is 32.2. The van der Waals surface area contributed by atoms with Crippen molar-refractivity contribution in [2.75, 3.05) is 29.2 Å². The molecule has 1 atom stereocenters. The first kappa shape index (κ1) is 9.71. The molecule has 0 aliphatic carbocycles. The van der Waals surface area contributed by atoms with Crippen molar-refractivity contribution in [3.05, 3.63) is 24.3 Å². The van der Waals surface area contributed by atoms with Crippen molar-refractivity contribution in [3.8, 4) is 0 Å². The molecule has 1 heterocycles. The molecule has 0 unspecified atom stereocenters. The second kappa shape index (κ2) is 4.13. The zero-order chi connectivity index (χ0) is 9.97. The number of hydrogen-bond donors (Lipinski definition) is 1. The molecule has 1 aromatic rings. The number of nitrogens with two attached hydrogens (primary N) is 1. The van der Waals surface area contributed by atoms with Crippen molar-refractivity contribution in [2.24, 2.45) is 0 Å². The number of anilines is 2. The Kier molecular flexibility index (Phi) is 2.87. The molecule has 2 rings (SSSR count). The lowest BCUT2D eigenvalue weighted by Crippen LogP contribution is -2.31. The summed E-state index contributed by atoms with van der Waals surface area (Å²) >= 11 is 2.04. The number of thioether (sulfide) groups is 1. The molecule has 0 saturated carbocycles. The maximum Gasteiger partial charge on any atom is 0.0385 e. The first-order valence-electron chi connectivity index (χ1n) is 4.93. The van der Waals surface area contributed by atoms with E-state index in [4.69, 9.17) is 5.73 Å². The molecular weight excluding hydrogens is 192 g/mol. The molecule has 1 fully saturated rings. The maximum atomic E-state index is 5.66. The van der Waals surface area contributed by atoms with Crippen LogP contribution in [-0.2, 0) is 0 Å². The van der Waals surface area contributed by atoms with Gasteiger partial charge in [0.1, 0.15) is 0 Å². The summed E-state index contributed by atoms with van der Waals surface area (Å²) in [6, 6.07) is 8.82. The van der Waals surface area contributed by atoms with Crippen molar-refractivity contribution < 1.29 is 0 Å². The van der Waals surface area contributed by atoms with E-state index in [9.17, 15) is 0 Å². The number of rotatable bonds is 2. The fourth-order valence-corrected chi connectivity index (χ4v) is 3.02. The molecule has 0 aromatic heterocycles. The van der Waals surface area contributed by atoms with Crippen LogP contribution in [0.25, 0.3) is 0 Å². The Hall–Kier alpha value is -0.830. The highest BCUT2D eigenvalue weighted by Gasteiger charge is 2.19. The third-order valence-corrected chi connectivity index (χ3v) is 3.90. The van der Waals surface area contributed by atoms with Gasteiger partial charge in [0.15, 0.2) is 0 Å². The second-order valence-electron chi connectivity index (χ2n) is 3.72. The van der Waals surface area contributed by atoms with Gasteiger partial charge in [-0.2, -0.15) is 11.8 Å². The van der Waals surface area contributed by atoms with Crippen LogP contribution in [0, 0.1) is 0 Å². The summed E-state index contributed by atoms with van der Waals surface area (Å²) in [6.07, 6.45) is 1.30. The fourth-order valence-electron chi connectivity index (χ4n) is 1.75. The minimum absolute atomic E-state index is 0.698. The summed E-state index contributed by atoms with van der Waals surface area (Å²) in [5, 5.41) is 0. The lowest BCUT2D eigenvalue weighted by molar-refractivity contribution is 0.700. The van der Waals surface area contributed by atoms with Crippen molar-refractivity contribution in [1.82, 2.24) is 0 Å². The monoisotopic (exact) mass is 208 g/mol. The summed E-state index contributed by atoms with van der Waals surface area (Å²) in [7, 11) is 2.17. The highest BCUT2D eigenvalue weighted by Crippen LogP contribution is 2.26. The van der Waals surface area contributed by atoms with Crippen LogP contribution in [0.5, 0.6) is 0 Å². The van der Waals surface area contributed by atoms with Gasteiger partial charge in [-0.05, 0) is 36.4 Å². The Morgan fingerprint density at radius 1 is 1.36 bits per heavy atom. The molecule has 1 aliphatic rings. The minimum Gasteiger partial charge on any atom is -0.399 e. The average molecular weight is 208 g/mol. The van der Waals surface area contributed by atoms with E-state index in [1.54, 1.807) is 0 Å². The van der Waals surface area contributed by atoms with Gasteiger partial charge in [-0.1, -0.05) is 0 Å². The van der Waals surface area contributed by atoms with E-state index in [1.165, 1.54) is 23.6 Å². The van der Waals surface area contributed by atoms with Gasteiger partial charge in [-0.3, -0.25) is 0 Å². The summed E-state index contributed by atoms with van der Waals surface area (Å²) in [5.41, 5.74) is 7.76. The zero-order valence-corrected chi connectivity index (χ0v) is 9.26. The summed E-state index contributed by atoms with van der Waals surface area (Å²) in [5.74, 6) is 2.55. The Morgan fingerprint density at radius 3 is 2.64 bits per heavy atom. The van der Waals surface area contributed by atoms with E-state index in [1.807, 2.05) is 23.9 Å². The average Bonchev–Trinajstić information content (AvgIpc) is 2.71. The van der Waals surface area contributed by atoms with Crippen LogP contribution in [0.2, 0.25) is 0 Å². The Morgan fingerprint density at radius 2 is 2.07 bits per heavy atom. The first-order valence-corrected chi connectivity index (χ1v) is 6.09.